The molecule has 2 rings (SSSR count). The second-order valence-electron chi connectivity index (χ2n) is 4.27. The zero-order valence-corrected chi connectivity index (χ0v) is 8.46. The Bertz CT molecular complexity index is 294. The molecule has 0 aromatic heterocycles. The highest BCUT2D eigenvalue weighted by molar-refractivity contribution is 5.43. The molecule has 14 heavy (non-hydrogen) atoms. The Hall–Kier alpha value is -1.05. The van der Waals surface area contributed by atoms with E-state index in [4.69, 9.17) is 0 Å². The fourth-order valence-corrected chi connectivity index (χ4v) is 2.12. The van der Waals surface area contributed by atoms with Crippen molar-refractivity contribution in [2.75, 3.05) is 5.32 Å². The summed E-state index contributed by atoms with van der Waals surface area (Å²) >= 11 is 0. The van der Waals surface area contributed by atoms with Crippen molar-refractivity contribution in [2.24, 2.45) is 5.92 Å². The Morgan fingerprint density at radius 3 is 2.50 bits per heavy atom. The van der Waals surface area contributed by atoms with Gasteiger partial charge in [0, 0.05) is 11.7 Å². The second kappa shape index (κ2) is 3.99. The Labute approximate surface area is 84.3 Å². The first-order valence-corrected chi connectivity index (χ1v) is 5.26. The van der Waals surface area contributed by atoms with E-state index in [1.54, 1.807) is 12.1 Å². The molecule has 2 heteroatoms. The number of hydrogen-bond donors (Lipinski definition) is 1. The summed E-state index contributed by atoms with van der Waals surface area (Å²) in [5.74, 6) is 0.656. The largest absolute Gasteiger partial charge is 0.382 e. The van der Waals surface area contributed by atoms with Crippen LogP contribution in [0, 0.1) is 11.7 Å². The van der Waals surface area contributed by atoms with Crippen LogP contribution in [0.1, 0.15) is 26.2 Å². The summed E-state index contributed by atoms with van der Waals surface area (Å²) in [6.45, 7) is 2.28. The van der Waals surface area contributed by atoms with Gasteiger partial charge in [0.1, 0.15) is 5.82 Å². The van der Waals surface area contributed by atoms with E-state index in [-0.39, 0.29) is 5.82 Å². The minimum Gasteiger partial charge on any atom is -0.382 e. The standard InChI is InChI=1S/C12H16FN/c1-9-2-5-12(8-9)14-11-6-3-10(13)4-7-11/h3-4,6-7,9,12,14H,2,5,8H2,1H3/t9-,12-/m1/s1. The first-order valence-electron chi connectivity index (χ1n) is 5.26. The monoisotopic (exact) mass is 193 g/mol. The Kier molecular flexibility index (Phi) is 2.71. The van der Waals surface area contributed by atoms with Crippen LogP contribution in [0.2, 0.25) is 0 Å². The molecular formula is C12H16FN. The average molecular weight is 193 g/mol. The lowest BCUT2D eigenvalue weighted by molar-refractivity contribution is 0.602. The van der Waals surface area contributed by atoms with Crippen molar-refractivity contribution in [3.05, 3.63) is 30.1 Å². The fourth-order valence-electron chi connectivity index (χ4n) is 2.12. The number of rotatable bonds is 2. The highest BCUT2D eigenvalue weighted by Gasteiger charge is 2.20. The topological polar surface area (TPSA) is 12.0 Å². The molecule has 76 valence electrons. The van der Waals surface area contributed by atoms with Crippen molar-refractivity contribution >= 4 is 5.69 Å². The van der Waals surface area contributed by atoms with E-state index in [9.17, 15) is 4.39 Å². The van der Waals surface area contributed by atoms with Gasteiger partial charge in [-0.2, -0.15) is 0 Å². The molecule has 0 amide bonds. The SMILES string of the molecule is C[C@@H]1CC[C@@H](Nc2ccc(F)cc2)C1. The molecule has 1 aliphatic rings. The van der Waals surface area contributed by atoms with Gasteiger partial charge in [0.25, 0.3) is 0 Å². The molecule has 1 nitrogen and oxygen atoms in total. The van der Waals surface area contributed by atoms with Crippen molar-refractivity contribution in [1.29, 1.82) is 0 Å². The maximum atomic E-state index is 12.6. The zero-order valence-electron chi connectivity index (χ0n) is 8.46. The van der Waals surface area contributed by atoms with E-state index < -0.39 is 0 Å². The van der Waals surface area contributed by atoms with E-state index >= 15 is 0 Å². The highest BCUT2D eigenvalue weighted by Crippen LogP contribution is 2.27. The number of benzene rings is 1. The number of nitrogens with one attached hydrogen (secondary N) is 1. The molecule has 0 spiro atoms. The van der Waals surface area contributed by atoms with Gasteiger partial charge >= 0.3 is 0 Å². The summed E-state index contributed by atoms with van der Waals surface area (Å²) in [5.41, 5.74) is 1.03. The third-order valence-corrected chi connectivity index (χ3v) is 2.91. The predicted molar refractivity (Wildman–Crippen MR) is 56.8 cm³/mol. The van der Waals surface area contributed by atoms with Crippen LogP contribution in [0.4, 0.5) is 10.1 Å². The van der Waals surface area contributed by atoms with Crippen LogP contribution in [-0.2, 0) is 0 Å². The normalized spacial score (nSPS) is 26.4. The van der Waals surface area contributed by atoms with Gasteiger partial charge in [0.15, 0.2) is 0 Å². The molecule has 0 radical (unpaired) electrons. The van der Waals surface area contributed by atoms with Crippen LogP contribution >= 0.6 is 0 Å². The van der Waals surface area contributed by atoms with Gasteiger partial charge in [-0.1, -0.05) is 6.92 Å². The summed E-state index contributed by atoms with van der Waals surface area (Å²) in [4.78, 5) is 0. The van der Waals surface area contributed by atoms with E-state index in [1.807, 2.05) is 0 Å². The second-order valence-corrected chi connectivity index (χ2v) is 4.27. The molecule has 1 saturated carbocycles. The van der Waals surface area contributed by atoms with E-state index in [0.29, 0.717) is 6.04 Å². The van der Waals surface area contributed by atoms with Crippen LogP contribution in [0.15, 0.2) is 24.3 Å². The van der Waals surface area contributed by atoms with Crippen LogP contribution in [0.25, 0.3) is 0 Å². The summed E-state index contributed by atoms with van der Waals surface area (Å²) in [5, 5.41) is 3.43. The maximum absolute atomic E-state index is 12.6. The van der Waals surface area contributed by atoms with Gasteiger partial charge in [-0.3, -0.25) is 0 Å². The van der Waals surface area contributed by atoms with Gasteiger partial charge in [0.05, 0.1) is 0 Å². The molecule has 1 aromatic rings. The minimum atomic E-state index is -0.171. The van der Waals surface area contributed by atoms with Gasteiger partial charge in [-0.15, -0.1) is 0 Å². The predicted octanol–water partition coefficient (Wildman–Crippen LogP) is 3.43. The maximum Gasteiger partial charge on any atom is 0.123 e. The third kappa shape index (κ3) is 2.25. The van der Waals surface area contributed by atoms with E-state index in [1.165, 1.54) is 31.4 Å². The van der Waals surface area contributed by atoms with Crippen molar-refractivity contribution in [2.45, 2.75) is 32.2 Å². The van der Waals surface area contributed by atoms with Gasteiger partial charge in [0.2, 0.25) is 0 Å². The van der Waals surface area contributed by atoms with Crippen molar-refractivity contribution in [1.82, 2.24) is 0 Å². The molecule has 1 aromatic carbocycles. The van der Waals surface area contributed by atoms with Gasteiger partial charge < -0.3 is 5.32 Å². The van der Waals surface area contributed by atoms with Crippen LogP contribution < -0.4 is 5.32 Å². The molecule has 1 aliphatic carbocycles. The average Bonchev–Trinajstić information content (AvgIpc) is 2.56. The summed E-state index contributed by atoms with van der Waals surface area (Å²) in [7, 11) is 0. The zero-order chi connectivity index (χ0) is 9.97. The Balaban J connectivity index is 1.94. The molecule has 1 fully saturated rings. The highest BCUT2D eigenvalue weighted by atomic mass is 19.1. The van der Waals surface area contributed by atoms with Crippen molar-refractivity contribution in [3.63, 3.8) is 0 Å². The molecule has 2 atom stereocenters. The lowest BCUT2D eigenvalue weighted by Crippen LogP contribution is -2.14. The van der Waals surface area contributed by atoms with E-state index in [0.717, 1.165) is 11.6 Å². The van der Waals surface area contributed by atoms with Gasteiger partial charge in [-0.05, 0) is 49.4 Å². The third-order valence-electron chi connectivity index (χ3n) is 2.91. The van der Waals surface area contributed by atoms with Gasteiger partial charge in [-0.25, -0.2) is 4.39 Å². The molecule has 0 saturated heterocycles. The summed E-state index contributed by atoms with van der Waals surface area (Å²) in [6.07, 6.45) is 3.77. The lowest BCUT2D eigenvalue weighted by atomic mass is 10.1. The smallest absolute Gasteiger partial charge is 0.123 e. The first kappa shape index (κ1) is 9.50. The molecule has 0 heterocycles. The molecular weight excluding hydrogens is 177 g/mol. The Morgan fingerprint density at radius 2 is 1.93 bits per heavy atom. The number of anilines is 1. The minimum absolute atomic E-state index is 0.171. The fraction of sp³-hybridized carbons (Fsp3) is 0.500. The van der Waals surface area contributed by atoms with Crippen molar-refractivity contribution < 1.29 is 4.39 Å². The Morgan fingerprint density at radius 1 is 1.21 bits per heavy atom. The van der Waals surface area contributed by atoms with E-state index in [2.05, 4.69) is 12.2 Å². The number of hydrogen-bond acceptors (Lipinski definition) is 1. The lowest BCUT2D eigenvalue weighted by Gasteiger charge is -2.13. The van der Waals surface area contributed by atoms with Crippen LogP contribution in [-0.4, -0.2) is 6.04 Å². The van der Waals surface area contributed by atoms with Crippen LogP contribution in [0.5, 0.6) is 0 Å². The number of halogens is 1. The molecule has 1 N–H and O–H groups in total. The quantitative estimate of drug-likeness (QED) is 0.758. The molecule has 0 aliphatic heterocycles. The molecule has 0 bridgehead atoms. The summed E-state index contributed by atoms with van der Waals surface area (Å²) in [6, 6.07) is 7.19. The van der Waals surface area contributed by atoms with Crippen LogP contribution in [0.3, 0.4) is 0 Å². The van der Waals surface area contributed by atoms with Crippen molar-refractivity contribution in [3.8, 4) is 0 Å². The first-order chi connectivity index (χ1) is 6.74. The summed E-state index contributed by atoms with van der Waals surface area (Å²) < 4.78 is 12.6. The molecule has 0 unspecified atom stereocenters.